The fraction of sp³-hybridized carbons (Fsp3) is 0. The van der Waals surface area contributed by atoms with E-state index in [9.17, 15) is 4.79 Å². The fourth-order valence-corrected chi connectivity index (χ4v) is 1.70. The van der Waals surface area contributed by atoms with Crippen molar-refractivity contribution in [2.24, 2.45) is 0 Å². The van der Waals surface area contributed by atoms with Gasteiger partial charge < -0.3 is 5.32 Å². The molecule has 2 rings (SSSR count). The van der Waals surface area contributed by atoms with E-state index in [4.69, 9.17) is 11.6 Å². The average molecular weight is 312 g/mol. The molecule has 0 aliphatic rings. The Balaban J connectivity index is 2.16. The Morgan fingerprint density at radius 3 is 2.82 bits per heavy atom. The molecule has 0 bridgehead atoms. The van der Waals surface area contributed by atoms with E-state index in [1.54, 1.807) is 36.5 Å². The molecule has 1 aromatic carbocycles. The lowest BCUT2D eigenvalue weighted by Gasteiger charge is -2.05. The molecule has 0 unspecified atom stereocenters. The number of anilines is 1. The number of hydrogen-bond donors (Lipinski definition) is 1. The molecule has 0 atom stereocenters. The van der Waals surface area contributed by atoms with Crippen molar-refractivity contribution in [3.05, 3.63) is 57.8 Å². The molecule has 1 N–H and O–H groups in total. The number of nitrogens with one attached hydrogen (secondary N) is 1. The lowest BCUT2D eigenvalue weighted by molar-refractivity contribution is 0.102. The van der Waals surface area contributed by atoms with Crippen LogP contribution in [0, 0.1) is 0 Å². The lowest BCUT2D eigenvalue weighted by atomic mass is 10.2. The van der Waals surface area contributed by atoms with Gasteiger partial charge in [0.25, 0.3) is 5.91 Å². The van der Waals surface area contributed by atoms with E-state index in [0.29, 0.717) is 16.3 Å². The van der Waals surface area contributed by atoms with Crippen molar-refractivity contribution in [1.29, 1.82) is 0 Å². The molecule has 0 aliphatic heterocycles. The minimum atomic E-state index is -0.212. The highest BCUT2D eigenvalue weighted by molar-refractivity contribution is 9.10. The van der Waals surface area contributed by atoms with Gasteiger partial charge in [-0.25, -0.2) is 0 Å². The van der Waals surface area contributed by atoms with E-state index in [-0.39, 0.29) is 5.91 Å². The molecular formula is C12H8BrClN2O. The molecule has 1 heterocycles. The predicted octanol–water partition coefficient (Wildman–Crippen LogP) is 3.75. The molecule has 0 fully saturated rings. The second-order valence-electron chi connectivity index (χ2n) is 3.32. The Morgan fingerprint density at radius 1 is 1.35 bits per heavy atom. The van der Waals surface area contributed by atoms with Gasteiger partial charge in [-0.3, -0.25) is 9.78 Å². The molecule has 0 spiro atoms. The van der Waals surface area contributed by atoms with Gasteiger partial charge in [0.05, 0.1) is 10.6 Å². The second kappa shape index (κ2) is 5.29. The molecule has 3 nitrogen and oxygen atoms in total. The summed E-state index contributed by atoms with van der Waals surface area (Å²) in [6, 6.07) is 8.64. The maximum absolute atomic E-state index is 11.8. The Hall–Kier alpha value is -1.39. The summed E-state index contributed by atoms with van der Waals surface area (Å²) in [6.45, 7) is 0. The molecule has 86 valence electrons. The summed E-state index contributed by atoms with van der Waals surface area (Å²) in [7, 11) is 0. The highest BCUT2D eigenvalue weighted by Crippen LogP contribution is 2.25. The van der Waals surface area contributed by atoms with Crippen molar-refractivity contribution in [2.45, 2.75) is 0 Å². The van der Waals surface area contributed by atoms with Gasteiger partial charge in [0.1, 0.15) is 0 Å². The van der Waals surface area contributed by atoms with E-state index >= 15 is 0 Å². The zero-order valence-electron chi connectivity index (χ0n) is 8.65. The Kier molecular flexibility index (Phi) is 3.76. The monoisotopic (exact) mass is 310 g/mol. The van der Waals surface area contributed by atoms with E-state index in [2.05, 4.69) is 26.2 Å². The third-order valence-corrected chi connectivity index (χ3v) is 3.33. The summed E-state index contributed by atoms with van der Waals surface area (Å²) >= 11 is 9.22. The molecule has 0 aliphatic carbocycles. The normalized spacial score (nSPS) is 10.0. The van der Waals surface area contributed by atoms with Crippen molar-refractivity contribution >= 4 is 39.1 Å². The smallest absolute Gasteiger partial charge is 0.257 e. The molecule has 5 heteroatoms. The number of hydrogen-bond acceptors (Lipinski definition) is 2. The fourth-order valence-electron chi connectivity index (χ4n) is 1.27. The van der Waals surface area contributed by atoms with E-state index in [1.165, 1.54) is 6.20 Å². The molecule has 0 saturated carbocycles. The number of amides is 1. The third-order valence-electron chi connectivity index (χ3n) is 2.10. The van der Waals surface area contributed by atoms with Gasteiger partial charge in [-0.2, -0.15) is 0 Å². The summed E-state index contributed by atoms with van der Waals surface area (Å²) < 4.78 is 0.790. The summed E-state index contributed by atoms with van der Waals surface area (Å²) in [5.74, 6) is -0.212. The minimum absolute atomic E-state index is 0.212. The summed E-state index contributed by atoms with van der Waals surface area (Å²) in [5, 5.41) is 3.29. The number of benzene rings is 1. The molecule has 1 amide bonds. The van der Waals surface area contributed by atoms with E-state index in [1.807, 2.05) is 0 Å². The topological polar surface area (TPSA) is 42.0 Å². The first-order valence-corrected chi connectivity index (χ1v) is 6.00. The number of nitrogens with zero attached hydrogens (tertiary/aromatic N) is 1. The van der Waals surface area contributed by atoms with Crippen LogP contribution in [0.15, 0.2) is 47.2 Å². The predicted molar refractivity (Wildman–Crippen MR) is 71.3 cm³/mol. The number of carbonyl (C=O) groups excluding carboxylic acids is 1. The number of pyridine rings is 1. The molecule has 0 radical (unpaired) electrons. The van der Waals surface area contributed by atoms with Crippen molar-refractivity contribution in [3.63, 3.8) is 0 Å². The quantitative estimate of drug-likeness (QED) is 0.918. The first-order valence-electron chi connectivity index (χ1n) is 4.83. The number of aromatic nitrogens is 1. The van der Waals surface area contributed by atoms with Crippen molar-refractivity contribution < 1.29 is 4.79 Å². The largest absolute Gasteiger partial charge is 0.322 e. The van der Waals surface area contributed by atoms with Crippen molar-refractivity contribution in [3.8, 4) is 0 Å². The second-order valence-corrected chi connectivity index (χ2v) is 4.59. The van der Waals surface area contributed by atoms with Crippen LogP contribution in [0.1, 0.15) is 10.4 Å². The van der Waals surface area contributed by atoms with E-state index in [0.717, 1.165) is 4.47 Å². The highest BCUT2D eigenvalue weighted by Gasteiger charge is 2.06. The van der Waals surface area contributed by atoms with Crippen LogP contribution in [0.3, 0.4) is 0 Å². The maximum atomic E-state index is 11.8. The SMILES string of the molecule is O=C(Nc1ccc(Br)c(Cl)c1)c1cccnc1. The highest BCUT2D eigenvalue weighted by atomic mass is 79.9. The average Bonchev–Trinajstić information content (AvgIpc) is 2.35. The van der Waals surface area contributed by atoms with Crippen LogP contribution in [0.25, 0.3) is 0 Å². The van der Waals surface area contributed by atoms with Crippen LogP contribution in [0.2, 0.25) is 5.02 Å². The van der Waals surface area contributed by atoms with Crippen LogP contribution in [-0.4, -0.2) is 10.9 Å². The Bertz CT molecular complexity index is 545. The molecule has 1 aromatic heterocycles. The summed E-state index contributed by atoms with van der Waals surface area (Å²) in [4.78, 5) is 15.7. The number of carbonyl (C=O) groups is 1. The van der Waals surface area contributed by atoms with Crippen LogP contribution in [0.5, 0.6) is 0 Å². The van der Waals surface area contributed by atoms with Crippen LogP contribution in [-0.2, 0) is 0 Å². The van der Waals surface area contributed by atoms with Crippen LogP contribution < -0.4 is 5.32 Å². The first kappa shape index (κ1) is 12.1. The lowest BCUT2D eigenvalue weighted by Crippen LogP contribution is -2.11. The number of rotatable bonds is 2. The zero-order valence-corrected chi connectivity index (χ0v) is 11.0. The van der Waals surface area contributed by atoms with Gasteiger partial charge in [-0.1, -0.05) is 11.6 Å². The first-order chi connectivity index (χ1) is 8.16. The summed E-state index contributed by atoms with van der Waals surface area (Å²) in [6.07, 6.45) is 3.13. The van der Waals surface area contributed by atoms with Gasteiger partial charge in [-0.05, 0) is 46.3 Å². The van der Waals surface area contributed by atoms with Crippen LogP contribution >= 0.6 is 27.5 Å². The van der Waals surface area contributed by atoms with Gasteiger partial charge in [0, 0.05) is 22.6 Å². The molecule has 0 saturated heterocycles. The van der Waals surface area contributed by atoms with E-state index < -0.39 is 0 Å². The van der Waals surface area contributed by atoms with Gasteiger partial charge in [0.2, 0.25) is 0 Å². The Labute approximate surface area is 112 Å². The third kappa shape index (κ3) is 3.05. The van der Waals surface area contributed by atoms with Crippen LogP contribution in [0.4, 0.5) is 5.69 Å². The Morgan fingerprint density at radius 2 is 2.18 bits per heavy atom. The minimum Gasteiger partial charge on any atom is -0.322 e. The standard InChI is InChI=1S/C12H8BrClN2O/c13-10-4-3-9(6-11(10)14)16-12(17)8-2-1-5-15-7-8/h1-7H,(H,16,17). The van der Waals surface area contributed by atoms with Crippen molar-refractivity contribution in [2.75, 3.05) is 5.32 Å². The van der Waals surface area contributed by atoms with Crippen molar-refractivity contribution in [1.82, 2.24) is 4.98 Å². The van der Waals surface area contributed by atoms with Gasteiger partial charge in [-0.15, -0.1) is 0 Å². The molecular weight excluding hydrogens is 304 g/mol. The maximum Gasteiger partial charge on any atom is 0.257 e. The van der Waals surface area contributed by atoms with Gasteiger partial charge in [0.15, 0.2) is 0 Å². The number of halogens is 2. The molecule has 2 aromatic rings. The zero-order chi connectivity index (χ0) is 12.3. The van der Waals surface area contributed by atoms with Gasteiger partial charge >= 0.3 is 0 Å². The molecule has 17 heavy (non-hydrogen) atoms. The summed E-state index contributed by atoms with van der Waals surface area (Å²) in [5.41, 5.74) is 1.15.